The van der Waals surface area contributed by atoms with Crippen LogP contribution in [0.15, 0.2) is 22.5 Å². The van der Waals surface area contributed by atoms with E-state index in [1.165, 1.54) is 21.6 Å². The lowest BCUT2D eigenvalue weighted by atomic mass is 10.3. The van der Waals surface area contributed by atoms with E-state index in [1.807, 2.05) is 18.2 Å². The summed E-state index contributed by atoms with van der Waals surface area (Å²) in [5, 5.41) is 0.765. The highest BCUT2D eigenvalue weighted by Gasteiger charge is 2.06. The fraction of sp³-hybridized carbons (Fsp3) is 0.111. The molecule has 6 heteroatoms. The highest BCUT2D eigenvalue weighted by molar-refractivity contribution is 8.82. The summed E-state index contributed by atoms with van der Waals surface area (Å²) in [6.07, 6.45) is 0. The first-order valence-corrected chi connectivity index (χ1v) is 7.41. The van der Waals surface area contributed by atoms with Crippen molar-refractivity contribution >= 4 is 59.9 Å². The highest BCUT2D eigenvalue weighted by Crippen LogP contribution is 2.37. The zero-order chi connectivity index (χ0) is 10.8. The van der Waals surface area contributed by atoms with E-state index in [0.717, 1.165) is 14.6 Å². The summed E-state index contributed by atoms with van der Waals surface area (Å²) >= 11 is 7.42. The van der Waals surface area contributed by atoms with Gasteiger partial charge in [-0.3, -0.25) is 4.79 Å². The lowest BCUT2D eigenvalue weighted by Gasteiger charge is -1.88. The van der Waals surface area contributed by atoms with Gasteiger partial charge in [-0.25, -0.2) is 4.98 Å². The zero-order valence-electron chi connectivity index (χ0n) is 7.69. The molecule has 0 aliphatic heterocycles. The third-order valence-corrected chi connectivity index (χ3v) is 5.42. The summed E-state index contributed by atoms with van der Waals surface area (Å²) < 4.78 is 1.97. The van der Waals surface area contributed by atoms with Gasteiger partial charge < -0.3 is 0 Å². The second-order valence-electron chi connectivity index (χ2n) is 2.75. The number of benzene rings is 1. The Bertz CT molecular complexity index is 511. The lowest BCUT2D eigenvalue weighted by Crippen LogP contribution is -1.74. The summed E-state index contributed by atoms with van der Waals surface area (Å²) in [7, 11) is 2.59. The first-order chi connectivity index (χ1) is 7.15. The van der Waals surface area contributed by atoms with Crippen LogP contribution in [0.25, 0.3) is 10.2 Å². The van der Waals surface area contributed by atoms with Gasteiger partial charge in [-0.05, 0) is 39.8 Å². The standard InChI is InChI=1S/C9H6ClNOS3/c1-5(12)14-15-9-11-7-4-6(10)2-3-8(7)13-9/h2-4H,1H3. The molecule has 1 aromatic carbocycles. The van der Waals surface area contributed by atoms with Crippen LogP contribution in [0.1, 0.15) is 6.92 Å². The molecule has 0 unspecified atom stereocenters. The second kappa shape index (κ2) is 4.74. The SMILES string of the molecule is CC(=O)SSc1nc2cc(Cl)ccc2s1. The Hall–Kier alpha value is -0.230. The molecule has 0 bridgehead atoms. The van der Waals surface area contributed by atoms with E-state index in [2.05, 4.69) is 4.98 Å². The Balaban J connectivity index is 2.27. The molecule has 0 atom stereocenters. The topological polar surface area (TPSA) is 30.0 Å². The van der Waals surface area contributed by atoms with Gasteiger partial charge in [0, 0.05) is 11.9 Å². The van der Waals surface area contributed by atoms with Crippen LogP contribution in [-0.2, 0) is 4.79 Å². The number of fused-ring (bicyclic) bond motifs is 1. The van der Waals surface area contributed by atoms with Gasteiger partial charge in [-0.15, -0.1) is 11.3 Å². The first-order valence-electron chi connectivity index (χ1n) is 4.06. The Morgan fingerprint density at radius 2 is 2.33 bits per heavy atom. The smallest absolute Gasteiger partial charge is 0.196 e. The quantitative estimate of drug-likeness (QED) is 0.767. The number of hydrogen-bond acceptors (Lipinski definition) is 5. The molecule has 15 heavy (non-hydrogen) atoms. The average molecular weight is 276 g/mol. The number of nitrogens with zero attached hydrogens (tertiary/aromatic N) is 1. The maximum atomic E-state index is 10.8. The summed E-state index contributed by atoms with van der Waals surface area (Å²) in [6, 6.07) is 5.61. The first kappa shape index (κ1) is 11.3. The minimum absolute atomic E-state index is 0.0808. The molecule has 0 saturated heterocycles. The molecular weight excluding hydrogens is 270 g/mol. The van der Waals surface area contributed by atoms with Gasteiger partial charge in [0.25, 0.3) is 0 Å². The van der Waals surface area contributed by atoms with Crippen molar-refractivity contribution in [2.24, 2.45) is 0 Å². The van der Waals surface area contributed by atoms with Crippen molar-refractivity contribution in [1.29, 1.82) is 0 Å². The minimum atomic E-state index is 0.0808. The predicted molar refractivity (Wildman–Crippen MR) is 68.8 cm³/mol. The van der Waals surface area contributed by atoms with Gasteiger partial charge >= 0.3 is 0 Å². The average Bonchev–Trinajstić information content (AvgIpc) is 2.56. The fourth-order valence-electron chi connectivity index (χ4n) is 1.01. The number of halogens is 1. The van der Waals surface area contributed by atoms with Crippen molar-refractivity contribution in [3.63, 3.8) is 0 Å². The van der Waals surface area contributed by atoms with Gasteiger partial charge in [-0.2, -0.15) is 0 Å². The predicted octanol–water partition coefficient (Wildman–Crippen LogP) is 4.24. The third-order valence-electron chi connectivity index (χ3n) is 1.56. The van der Waals surface area contributed by atoms with E-state index >= 15 is 0 Å². The van der Waals surface area contributed by atoms with Gasteiger partial charge in [0.2, 0.25) is 0 Å². The van der Waals surface area contributed by atoms with Crippen LogP contribution in [0.5, 0.6) is 0 Å². The molecule has 2 rings (SSSR count). The van der Waals surface area contributed by atoms with Crippen molar-refractivity contribution in [2.75, 3.05) is 0 Å². The lowest BCUT2D eigenvalue weighted by molar-refractivity contribution is -0.109. The van der Waals surface area contributed by atoms with Crippen LogP contribution < -0.4 is 0 Å². The minimum Gasteiger partial charge on any atom is -0.287 e. The molecule has 0 aliphatic rings. The molecule has 0 spiro atoms. The molecule has 0 saturated carbocycles. The number of hydrogen-bond donors (Lipinski definition) is 0. The number of thiazole rings is 1. The van der Waals surface area contributed by atoms with E-state index in [0.29, 0.717) is 5.02 Å². The Kier molecular flexibility index (Phi) is 3.56. The summed E-state index contributed by atoms with van der Waals surface area (Å²) in [6.45, 7) is 1.54. The van der Waals surface area contributed by atoms with Crippen molar-refractivity contribution in [1.82, 2.24) is 4.98 Å². The van der Waals surface area contributed by atoms with E-state index in [-0.39, 0.29) is 5.12 Å². The number of carbonyl (C=O) groups is 1. The van der Waals surface area contributed by atoms with Crippen molar-refractivity contribution < 1.29 is 4.79 Å². The molecular formula is C9H6ClNOS3. The largest absolute Gasteiger partial charge is 0.287 e. The van der Waals surface area contributed by atoms with E-state index < -0.39 is 0 Å². The third kappa shape index (κ3) is 2.87. The van der Waals surface area contributed by atoms with Crippen LogP contribution in [0.4, 0.5) is 0 Å². The monoisotopic (exact) mass is 275 g/mol. The highest BCUT2D eigenvalue weighted by atomic mass is 35.5. The van der Waals surface area contributed by atoms with Crippen LogP contribution in [0.2, 0.25) is 5.02 Å². The van der Waals surface area contributed by atoms with E-state index in [4.69, 9.17) is 11.6 Å². The number of carbonyl (C=O) groups excluding carboxylic acids is 1. The van der Waals surface area contributed by atoms with Gasteiger partial charge in [-0.1, -0.05) is 11.6 Å². The van der Waals surface area contributed by atoms with Gasteiger partial charge in [0.1, 0.15) is 0 Å². The molecule has 1 aromatic heterocycles. The van der Waals surface area contributed by atoms with E-state index in [9.17, 15) is 4.79 Å². The van der Waals surface area contributed by atoms with Crippen LogP contribution in [0, 0.1) is 0 Å². The molecule has 0 N–H and O–H groups in total. The fourth-order valence-corrected chi connectivity index (χ4v) is 3.87. The Morgan fingerprint density at radius 3 is 3.07 bits per heavy atom. The summed E-state index contributed by atoms with van der Waals surface area (Å²) in [5.74, 6) is 0. The summed E-state index contributed by atoms with van der Waals surface area (Å²) in [5.41, 5.74) is 0.888. The summed E-state index contributed by atoms with van der Waals surface area (Å²) in [4.78, 5) is 15.2. The zero-order valence-corrected chi connectivity index (χ0v) is 10.9. The second-order valence-corrected chi connectivity index (χ2v) is 6.77. The number of rotatable bonds is 2. The number of aromatic nitrogens is 1. The molecule has 1 heterocycles. The molecule has 0 radical (unpaired) electrons. The Labute approximate surface area is 104 Å². The normalized spacial score (nSPS) is 10.8. The van der Waals surface area contributed by atoms with Crippen molar-refractivity contribution in [3.8, 4) is 0 Å². The molecule has 0 aliphatic carbocycles. The maximum absolute atomic E-state index is 10.8. The molecule has 0 amide bonds. The van der Waals surface area contributed by atoms with Crippen LogP contribution in [0.3, 0.4) is 0 Å². The van der Waals surface area contributed by atoms with Crippen LogP contribution >= 0.6 is 44.5 Å². The Morgan fingerprint density at radius 1 is 1.53 bits per heavy atom. The van der Waals surface area contributed by atoms with Gasteiger partial charge in [0.15, 0.2) is 9.45 Å². The van der Waals surface area contributed by atoms with Gasteiger partial charge in [0.05, 0.1) is 10.2 Å². The molecule has 2 aromatic rings. The molecule has 2 nitrogen and oxygen atoms in total. The molecule has 0 fully saturated rings. The van der Waals surface area contributed by atoms with Crippen molar-refractivity contribution in [3.05, 3.63) is 23.2 Å². The van der Waals surface area contributed by atoms with Crippen molar-refractivity contribution in [2.45, 2.75) is 11.3 Å². The van der Waals surface area contributed by atoms with Crippen LogP contribution in [-0.4, -0.2) is 10.1 Å². The maximum Gasteiger partial charge on any atom is 0.196 e. The van der Waals surface area contributed by atoms with E-state index in [1.54, 1.807) is 18.3 Å². The molecule has 78 valence electrons.